The van der Waals surface area contributed by atoms with Gasteiger partial charge in [-0.2, -0.15) is 0 Å². The summed E-state index contributed by atoms with van der Waals surface area (Å²) in [7, 11) is 0. The van der Waals surface area contributed by atoms with E-state index in [0.717, 1.165) is 0 Å². The molecule has 4 nitrogen and oxygen atoms in total. The van der Waals surface area contributed by atoms with E-state index in [9.17, 15) is 9.59 Å². The molecule has 0 aromatic heterocycles. The molecule has 1 saturated carbocycles. The molecule has 0 radical (unpaired) electrons. The summed E-state index contributed by atoms with van der Waals surface area (Å²) in [6.07, 6.45) is 1.22. The first-order chi connectivity index (χ1) is 5.77. The maximum Gasteiger partial charge on any atom is 0.309 e. The van der Waals surface area contributed by atoms with E-state index in [2.05, 4.69) is 0 Å². The summed E-state index contributed by atoms with van der Waals surface area (Å²) in [5.41, 5.74) is 0. The lowest BCUT2D eigenvalue weighted by Gasteiger charge is -2.29. The van der Waals surface area contributed by atoms with Crippen LogP contribution in [0, 0.1) is 11.8 Å². The van der Waals surface area contributed by atoms with Crippen LogP contribution in [0.25, 0.3) is 0 Å². The van der Waals surface area contributed by atoms with Gasteiger partial charge in [-0.25, -0.2) is 0 Å². The highest BCUT2D eigenvalue weighted by molar-refractivity contribution is 5.80. The summed E-state index contributed by atoms with van der Waals surface area (Å²) in [5.74, 6) is -0.463. The third-order valence-corrected chi connectivity index (χ3v) is 2.38. The monoisotopic (exact) mass is 170 g/mol. The van der Waals surface area contributed by atoms with Crippen LogP contribution in [0.4, 0.5) is 0 Å². The number of fused-ring (bicyclic) bond motifs is 5. The van der Waals surface area contributed by atoms with Gasteiger partial charge in [-0.3, -0.25) is 9.59 Å². The molecule has 2 heterocycles. The third-order valence-electron chi connectivity index (χ3n) is 2.38. The minimum Gasteiger partial charge on any atom is -0.462 e. The largest absolute Gasteiger partial charge is 0.462 e. The van der Waals surface area contributed by atoms with Crippen LogP contribution in [0.1, 0.15) is 12.8 Å². The zero-order chi connectivity index (χ0) is 8.55. The van der Waals surface area contributed by atoms with Gasteiger partial charge in [-0.15, -0.1) is 0 Å². The van der Waals surface area contributed by atoms with E-state index in [0.29, 0.717) is 12.8 Å². The highest BCUT2D eigenvalue weighted by Crippen LogP contribution is 2.35. The quantitative estimate of drug-likeness (QED) is 0.484. The predicted octanol–water partition coefficient (Wildman–Crippen LogP) is 0.113. The Labute approximate surface area is 69.8 Å². The Bertz CT molecular complexity index is 195. The molecule has 2 aliphatic heterocycles. The van der Waals surface area contributed by atoms with E-state index in [1.165, 1.54) is 0 Å². The number of hydrogen-bond acceptors (Lipinski definition) is 4. The second-order valence-corrected chi connectivity index (χ2v) is 3.20. The van der Waals surface area contributed by atoms with E-state index in [4.69, 9.17) is 9.47 Å². The molecule has 0 aromatic carbocycles. The van der Waals surface area contributed by atoms with Gasteiger partial charge in [0.05, 0.1) is 11.8 Å². The highest BCUT2D eigenvalue weighted by atomic mass is 16.6. The summed E-state index contributed by atoms with van der Waals surface area (Å²) in [5, 5.41) is 0. The minimum atomic E-state index is -0.176. The Hall–Kier alpha value is -1.06. The molecule has 12 heavy (non-hydrogen) atoms. The van der Waals surface area contributed by atoms with Crippen molar-refractivity contribution in [3.05, 3.63) is 0 Å². The van der Waals surface area contributed by atoms with E-state index in [-0.39, 0.29) is 37.0 Å². The standard InChI is InChI=1S/C8H10O4/c9-7-5-3-6(4-5)8(10)12-2-1-11-7/h5-6H,1-4H2. The van der Waals surface area contributed by atoms with Crippen LogP contribution in [-0.2, 0) is 19.1 Å². The van der Waals surface area contributed by atoms with Gasteiger partial charge in [0.2, 0.25) is 0 Å². The first kappa shape index (κ1) is 7.58. The Kier molecular flexibility index (Phi) is 1.75. The summed E-state index contributed by atoms with van der Waals surface area (Å²) in [6, 6.07) is 0. The summed E-state index contributed by atoms with van der Waals surface area (Å²) in [4.78, 5) is 22.2. The number of carbonyl (C=O) groups excluding carboxylic acids is 2. The maximum atomic E-state index is 11.1. The van der Waals surface area contributed by atoms with Crippen molar-refractivity contribution in [3.8, 4) is 0 Å². The molecule has 0 spiro atoms. The first-order valence-electron chi connectivity index (χ1n) is 4.10. The van der Waals surface area contributed by atoms with Crippen LogP contribution in [0.2, 0.25) is 0 Å². The van der Waals surface area contributed by atoms with Crippen molar-refractivity contribution in [1.29, 1.82) is 0 Å². The van der Waals surface area contributed by atoms with Crippen molar-refractivity contribution < 1.29 is 19.1 Å². The van der Waals surface area contributed by atoms with E-state index >= 15 is 0 Å². The van der Waals surface area contributed by atoms with Gasteiger partial charge in [-0.1, -0.05) is 0 Å². The van der Waals surface area contributed by atoms with Gasteiger partial charge in [0.15, 0.2) is 0 Å². The van der Waals surface area contributed by atoms with E-state index in [1.54, 1.807) is 0 Å². The molecule has 0 amide bonds. The topological polar surface area (TPSA) is 52.6 Å². The van der Waals surface area contributed by atoms with Gasteiger partial charge in [0, 0.05) is 0 Å². The van der Waals surface area contributed by atoms with Crippen molar-refractivity contribution in [1.82, 2.24) is 0 Å². The second-order valence-electron chi connectivity index (χ2n) is 3.20. The smallest absolute Gasteiger partial charge is 0.309 e. The summed E-state index contributed by atoms with van der Waals surface area (Å²) >= 11 is 0. The van der Waals surface area contributed by atoms with Gasteiger partial charge in [-0.05, 0) is 12.8 Å². The lowest BCUT2D eigenvalue weighted by molar-refractivity contribution is -0.154. The Morgan fingerprint density at radius 1 is 0.917 bits per heavy atom. The highest BCUT2D eigenvalue weighted by Gasteiger charge is 2.41. The molecule has 1 aliphatic carbocycles. The van der Waals surface area contributed by atoms with Gasteiger partial charge in [0.1, 0.15) is 13.2 Å². The predicted molar refractivity (Wildman–Crippen MR) is 38.1 cm³/mol. The number of rotatable bonds is 0. The van der Waals surface area contributed by atoms with Crippen molar-refractivity contribution in [2.45, 2.75) is 12.8 Å². The van der Waals surface area contributed by atoms with Gasteiger partial charge in [0.25, 0.3) is 0 Å². The lowest BCUT2D eigenvalue weighted by atomic mass is 9.75. The molecular formula is C8H10O4. The van der Waals surface area contributed by atoms with E-state index in [1.807, 2.05) is 0 Å². The van der Waals surface area contributed by atoms with Crippen LogP contribution >= 0.6 is 0 Å². The number of ether oxygens (including phenoxy) is 2. The molecule has 2 saturated heterocycles. The molecule has 0 unspecified atom stereocenters. The Morgan fingerprint density at radius 3 is 1.75 bits per heavy atom. The third kappa shape index (κ3) is 1.17. The van der Waals surface area contributed by atoms with Crippen LogP contribution in [-0.4, -0.2) is 25.2 Å². The molecule has 66 valence electrons. The summed E-state index contributed by atoms with van der Waals surface area (Å²) < 4.78 is 9.69. The van der Waals surface area contributed by atoms with Crippen molar-refractivity contribution in [3.63, 3.8) is 0 Å². The van der Waals surface area contributed by atoms with Crippen LogP contribution in [0.15, 0.2) is 0 Å². The van der Waals surface area contributed by atoms with Crippen LogP contribution in [0.3, 0.4) is 0 Å². The average molecular weight is 170 g/mol. The number of hydrogen-bond donors (Lipinski definition) is 0. The molecule has 2 bridgehead atoms. The van der Waals surface area contributed by atoms with Crippen molar-refractivity contribution >= 4 is 11.9 Å². The fourth-order valence-electron chi connectivity index (χ4n) is 1.52. The van der Waals surface area contributed by atoms with Crippen LogP contribution in [0.5, 0.6) is 0 Å². The van der Waals surface area contributed by atoms with E-state index < -0.39 is 0 Å². The summed E-state index contributed by atoms with van der Waals surface area (Å²) in [6.45, 7) is 0.404. The molecule has 0 N–H and O–H groups in total. The second kappa shape index (κ2) is 2.77. The number of esters is 2. The lowest BCUT2D eigenvalue weighted by Crippen LogP contribution is -2.35. The fraction of sp³-hybridized carbons (Fsp3) is 0.750. The maximum absolute atomic E-state index is 11.1. The number of carbonyl (C=O) groups is 2. The zero-order valence-corrected chi connectivity index (χ0v) is 6.62. The van der Waals surface area contributed by atoms with Gasteiger partial charge >= 0.3 is 11.9 Å². The average Bonchev–Trinajstić information content (AvgIpc) is 2.02. The molecule has 3 rings (SSSR count). The molecule has 0 atom stereocenters. The zero-order valence-electron chi connectivity index (χ0n) is 6.62. The molecular weight excluding hydrogens is 160 g/mol. The SMILES string of the molecule is O=C1OCCOC(=O)C2CC1C2. The first-order valence-corrected chi connectivity index (χ1v) is 4.10. The van der Waals surface area contributed by atoms with Crippen LogP contribution < -0.4 is 0 Å². The Balaban J connectivity index is 2.02. The molecule has 4 heteroatoms. The molecule has 3 aliphatic rings. The van der Waals surface area contributed by atoms with Crippen molar-refractivity contribution in [2.75, 3.05) is 13.2 Å². The Morgan fingerprint density at radius 2 is 1.33 bits per heavy atom. The fourth-order valence-corrected chi connectivity index (χ4v) is 1.52. The molecule has 0 aromatic rings. The van der Waals surface area contributed by atoms with Gasteiger partial charge < -0.3 is 9.47 Å². The minimum absolute atomic E-state index is 0.0550. The van der Waals surface area contributed by atoms with Crippen molar-refractivity contribution in [2.24, 2.45) is 11.8 Å². The molecule has 3 fully saturated rings. The normalized spacial score (nSPS) is 35.0.